The smallest absolute Gasteiger partial charge is 0.412 e. The lowest BCUT2D eigenvalue weighted by Gasteiger charge is -2.21. The van der Waals surface area contributed by atoms with Crippen LogP contribution in [0.3, 0.4) is 0 Å². The molecular weight excluding hydrogens is 184 g/mol. The summed E-state index contributed by atoms with van der Waals surface area (Å²) in [5.74, 6) is 0. The highest BCUT2D eigenvalue weighted by molar-refractivity contribution is 7.51. The van der Waals surface area contributed by atoms with Crippen LogP contribution in [0.25, 0.3) is 0 Å². The van der Waals surface area contributed by atoms with Crippen LogP contribution in [0.5, 0.6) is 0 Å². The topological polar surface area (TPSA) is 49.4 Å². The zero-order chi connectivity index (χ0) is 9.12. The number of hydrogen-bond donors (Lipinski definition) is 0. The highest BCUT2D eigenvalue weighted by Gasteiger charge is 2.29. The number of halogens is 3. The fourth-order valence-electron chi connectivity index (χ4n) is 0.263. The lowest BCUT2D eigenvalue weighted by atomic mass is 10.7. The van der Waals surface area contributed by atoms with E-state index >= 15 is 0 Å². The van der Waals surface area contributed by atoms with Gasteiger partial charge in [0.15, 0.2) is 0 Å². The molecule has 0 aromatic rings. The molecule has 0 aromatic carbocycles. The van der Waals surface area contributed by atoms with Gasteiger partial charge in [-0.05, 0) is 0 Å². The first-order chi connectivity index (χ1) is 4.77. The van der Waals surface area contributed by atoms with Gasteiger partial charge in [-0.25, -0.2) is 0 Å². The van der Waals surface area contributed by atoms with Crippen LogP contribution in [0.15, 0.2) is 0 Å². The van der Waals surface area contributed by atoms with Gasteiger partial charge in [0.05, 0.1) is 0 Å². The van der Waals surface area contributed by atoms with Gasteiger partial charge < -0.3 is 14.0 Å². The molecule has 0 rings (SSSR count). The Bertz CT molecular complexity index is 166. The Morgan fingerprint density at radius 2 is 2.00 bits per heavy atom. The number of alkyl halides is 3. The van der Waals surface area contributed by atoms with E-state index < -0.39 is 26.5 Å². The largest absolute Gasteiger partial charge is 0.778 e. The van der Waals surface area contributed by atoms with E-state index in [1.165, 1.54) is 6.92 Å². The van der Waals surface area contributed by atoms with Crippen LogP contribution < -0.4 is 4.89 Å². The Labute approximate surface area is 61.7 Å². The normalized spacial score (nSPS) is 17.9. The summed E-state index contributed by atoms with van der Waals surface area (Å²) in [6, 6.07) is 0. The van der Waals surface area contributed by atoms with Gasteiger partial charge in [-0.15, -0.1) is 0 Å². The molecule has 0 fully saturated rings. The molecule has 3 nitrogen and oxygen atoms in total. The third-order valence-electron chi connectivity index (χ3n) is 0.812. The van der Waals surface area contributed by atoms with E-state index in [-0.39, 0.29) is 0 Å². The van der Waals surface area contributed by atoms with Crippen molar-refractivity contribution in [2.75, 3.05) is 12.8 Å². The predicted octanol–water partition coefficient (Wildman–Crippen LogP) is 1.14. The van der Waals surface area contributed by atoms with Crippen LogP contribution in [0, 0.1) is 0 Å². The van der Waals surface area contributed by atoms with Gasteiger partial charge in [0, 0.05) is 6.16 Å². The van der Waals surface area contributed by atoms with Crippen molar-refractivity contribution in [2.45, 2.75) is 13.1 Å². The lowest BCUT2D eigenvalue weighted by Crippen LogP contribution is -2.19. The minimum atomic E-state index is -4.59. The summed E-state index contributed by atoms with van der Waals surface area (Å²) in [6.45, 7) is -0.522. The summed E-state index contributed by atoms with van der Waals surface area (Å²) in [5, 5.41) is 0. The summed E-state index contributed by atoms with van der Waals surface area (Å²) in [7, 11) is -4.24. The molecule has 0 bridgehead atoms. The molecular formula is C4H7F3O3P-. The molecule has 0 aliphatic carbocycles. The average molecular weight is 191 g/mol. The monoisotopic (exact) mass is 191 g/mol. The van der Waals surface area contributed by atoms with Crippen LogP contribution in [0.4, 0.5) is 13.2 Å². The molecule has 1 atom stereocenters. The second-order valence-electron chi connectivity index (χ2n) is 1.82. The third-order valence-corrected chi connectivity index (χ3v) is 2.11. The van der Waals surface area contributed by atoms with Gasteiger partial charge in [-0.3, -0.25) is 0 Å². The van der Waals surface area contributed by atoms with Crippen LogP contribution in [0.1, 0.15) is 6.92 Å². The fraction of sp³-hybridized carbons (Fsp3) is 1.00. The molecule has 0 amide bonds. The van der Waals surface area contributed by atoms with E-state index in [1.807, 2.05) is 0 Å². The molecule has 1 unspecified atom stereocenters. The Balaban J connectivity index is 3.80. The van der Waals surface area contributed by atoms with Crippen molar-refractivity contribution in [1.29, 1.82) is 0 Å². The van der Waals surface area contributed by atoms with Gasteiger partial charge in [-0.2, -0.15) is 13.2 Å². The van der Waals surface area contributed by atoms with E-state index in [1.54, 1.807) is 0 Å². The molecule has 0 aliphatic heterocycles. The van der Waals surface area contributed by atoms with Crippen molar-refractivity contribution in [1.82, 2.24) is 0 Å². The first-order valence-corrected chi connectivity index (χ1v) is 4.51. The summed E-state index contributed by atoms with van der Waals surface area (Å²) in [4.78, 5) is 10.4. The highest BCUT2D eigenvalue weighted by atomic mass is 31.2. The summed E-state index contributed by atoms with van der Waals surface area (Å²) in [5.41, 5.74) is 0. The molecule has 7 heteroatoms. The molecule has 0 aliphatic rings. The summed E-state index contributed by atoms with van der Waals surface area (Å²) < 4.78 is 48.0. The number of rotatable bonds is 3. The maximum atomic E-state index is 11.3. The second kappa shape index (κ2) is 3.56. The Kier molecular flexibility index (Phi) is 3.54. The van der Waals surface area contributed by atoms with Crippen molar-refractivity contribution in [3.05, 3.63) is 0 Å². The van der Waals surface area contributed by atoms with Crippen LogP contribution >= 0.6 is 7.60 Å². The van der Waals surface area contributed by atoms with Gasteiger partial charge in [0.2, 0.25) is 0 Å². The van der Waals surface area contributed by atoms with E-state index in [2.05, 4.69) is 4.52 Å². The minimum Gasteiger partial charge on any atom is -0.778 e. The van der Waals surface area contributed by atoms with Gasteiger partial charge >= 0.3 is 6.18 Å². The quantitative estimate of drug-likeness (QED) is 0.628. The van der Waals surface area contributed by atoms with Crippen LogP contribution in [-0.2, 0) is 9.09 Å². The molecule has 0 heterocycles. The Morgan fingerprint density at radius 3 is 2.27 bits per heavy atom. The van der Waals surface area contributed by atoms with E-state index in [0.29, 0.717) is 0 Å². The summed E-state index contributed by atoms with van der Waals surface area (Å²) in [6.07, 6.45) is -5.02. The van der Waals surface area contributed by atoms with Crippen LogP contribution in [0.2, 0.25) is 0 Å². The van der Waals surface area contributed by atoms with Gasteiger partial charge in [-0.1, -0.05) is 6.92 Å². The summed E-state index contributed by atoms with van der Waals surface area (Å²) >= 11 is 0. The first-order valence-electron chi connectivity index (χ1n) is 2.78. The minimum absolute atomic E-state index is 0.428. The van der Waals surface area contributed by atoms with E-state index in [9.17, 15) is 22.6 Å². The molecule has 0 N–H and O–H groups in total. The van der Waals surface area contributed by atoms with Crippen molar-refractivity contribution in [2.24, 2.45) is 0 Å². The molecule has 11 heavy (non-hydrogen) atoms. The van der Waals surface area contributed by atoms with Crippen molar-refractivity contribution < 1.29 is 27.2 Å². The van der Waals surface area contributed by atoms with Gasteiger partial charge in [0.25, 0.3) is 0 Å². The molecule has 0 saturated carbocycles. The van der Waals surface area contributed by atoms with Crippen molar-refractivity contribution >= 4 is 7.60 Å². The van der Waals surface area contributed by atoms with Crippen molar-refractivity contribution in [3.8, 4) is 0 Å². The Hall–Kier alpha value is -0.0600. The SMILES string of the molecule is CCP(=O)([O-])OCC(F)(F)F. The molecule has 0 spiro atoms. The predicted molar refractivity (Wildman–Crippen MR) is 30.2 cm³/mol. The fourth-order valence-corrected chi connectivity index (χ4v) is 0.788. The van der Waals surface area contributed by atoms with Crippen molar-refractivity contribution in [3.63, 3.8) is 0 Å². The zero-order valence-corrected chi connectivity index (χ0v) is 6.61. The Morgan fingerprint density at radius 1 is 1.55 bits per heavy atom. The average Bonchev–Trinajstić information content (AvgIpc) is 1.83. The number of hydrogen-bond acceptors (Lipinski definition) is 3. The standard InChI is InChI=1S/C4H8F3O3P/c1-2-11(8,9)10-3-4(5,6)7/h2-3H2,1H3,(H,8,9)/p-1. The maximum Gasteiger partial charge on any atom is 0.412 e. The lowest BCUT2D eigenvalue weighted by molar-refractivity contribution is -0.216. The highest BCUT2D eigenvalue weighted by Crippen LogP contribution is 2.37. The maximum absolute atomic E-state index is 11.3. The molecule has 0 aromatic heterocycles. The first kappa shape index (κ1) is 10.9. The van der Waals surface area contributed by atoms with E-state index in [0.717, 1.165) is 0 Å². The van der Waals surface area contributed by atoms with E-state index in [4.69, 9.17) is 0 Å². The zero-order valence-electron chi connectivity index (χ0n) is 5.72. The third kappa shape index (κ3) is 6.34. The van der Waals surface area contributed by atoms with Crippen LogP contribution in [-0.4, -0.2) is 18.9 Å². The molecule has 68 valence electrons. The second-order valence-corrected chi connectivity index (χ2v) is 3.93. The molecule has 0 radical (unpaired) electrons. The van der Waals surface area contributed by atoms with Gasteiger partial charge in [0.1, 0.15) is 14.2 Å². The molecule has 0 saturated heterocycles.